The van der Waals surface area contributed by atoms with Gasteiger partial charge in [0.15, 0.2) is 0 Å². The first-order valence-electron chi connectivity index (χ1n) is 5.71. The average Bonchev–Trinajstić information content (AvgIpc) is 2.30. The Morgan fingerprint density at radius 3 is 2.62 bits per heavy atom. The molecule has 0 saturated carbocycles. The monoisotopic (exact) mass is 241 g/mol. The Kier molecular flexibility index (Phi) is 5.29. The van der Waals surface area contributed by atoms with Crippen molar-refractivity contribution < 1.29 is 4.39 Å². The maximum Gasteiger partial charge on any atom is 0.123 e. The van der Waals surface area contributed by atoms with Crippen molar-refractivity contribution in [3.8, 4) is 0 Å². The molecule has 0 fully saturated rings. The third-order valence-corrected chi connectivity index (χ3v) is 4.14. The number of halogens is 1. The molecule has 0 aliphatic rings. The fraction of sp³-hybridized carbons (Fsp3) is 0.538. The Morgan fingerprint density at radius 1 is 1.38 bits per heavy atom. The van der Waals surface area contributed by atoms with E-state index in [1.54, 1.807) is 6.07 Å². The van der Waals surface area contributed by atoms with Crippen LogP contribution in [0.1, 0.15) is 38.8 Å². The van der Waals surface area contributed by atoms with Gasteiger partial charge in [-0.25, -0.2) is 4.39 Å². The van der Waals surface area contributed by atoms with Crippen molar-refractivity contribution in [3.63, 3.8) is 0 Å². The van der Waals surface area contributed by atoms with Gasteiger partial charge in [-0.15, -0.1) is 11.8 Å². The van der Waals surface area contributed by atoms with Crippen molar-refractivity contribution in [1.29, 1.82) is 0 Å². The number of benzene rings is 1. The standard InChI is InChI=1S/C13H20FNS/c1-5-9(2)16-13-7-6-11(14)8-12(13)10(3)15-4/h6-10,15H,5H2,1-4H3. The molecule has 0 radical (unpaired) electrons. The molecule has 0 aromatic heterocycles. The van der Waals surface area contributed by atoms with Crippen LogP contribution in [0.25, 0.3) is 0 Å². The molecule has 3 heteroatoms. The smallest absolute Gasteiger partial charge is 0.123 e. The van der Waals surface area contributed by atoms with E-state index >= 15 is 0 Å². The van der Waals surface area contributed by atoms with Crippen molar-refractivity contribution >= 4 is 11.8 Å². The van der Waals surface area contributed by atoms with Crippen LogP contribution in [-0.2, 0) is 0 Å². The van der Waals surface area contributed by atoms with Crippen LogP contribution in [0.15, 0.2) is 23.1 Å². The van der Waals surface area contributed by atoms with E-state index in [1.165, 1.54) is 11.0 Å². The van der Waals surface area contributed by atoms with Crippen LogP contribution in [-0.4, -0.2) is 12.3 Å². The van der Waals surface area contributed by atoms with Gasteiger partial charge in [0.2, 0.25) is 0 Å². The van der Waals surface area contributed by atoms with Crippen LogP contribution in [0.5, 0.6) is 0 Å². The van der Waals surface area contributed by atoms with E-state index < -0.39 is 0 Å². The van der Waals surface area contributed by atoms with Crippen molar-refractivity contribution in [2.75, 3.05) is 7.05 Å². The van der Waals surface area contributed by atoms with E-state index in [0.717, 1.165) is 12.0 Å². The average molecular weight is 241 g/mol. The zero-order valence-corrected chi connectivity index (χ0v) is 11.2. The quantitative estimate of drug-likeness (QED) is 0.782. The van der Waals surface area contributed by atoms with Gasteiger partial charge in [-0.05, 0) is 44.2 Å². The van der Waals surface area contributed by atoms with Crippen LogP contribution < -0.4 is 5.32 Å². The van der Waals surface area contributed by atoms with Crippen molar-refractivity contribution in [1.82, 2.24) is 5.32 Å². The SMILES string of the molecule is CCC(C)Sc1ccc(F)cc1C(C)NC. The van der Waals surface area contributed by atoms with Gasteiger partial charge in [-0.3, -0.25) is 0 Å². The number of hydrogen-bond donors (Lipinski definition) is 1. The second-order valence-electron chi connectivity index (χ2n) is 4.03. The third-order valence-electron chi connectivity index (χ3n) is 2.77. The lowest BCUT2D eigenvalue weighted by Crippen LogP contribution is -2.14. The molecule has 1 nitrogen and oxygen atoms in total. The van der Waals surface area contributed by atoms with Crippen LogP contribution in [0.4, 0.5) is 4.39 Å². The number of hydrogen-bond acceptors (Lipinski definition) is 2. The molecule has 2 atom stereocenters. The second kappa shape index (κ2) is 6.26. The Labute approximate surface area is 102 Å². The van der Waals surface area contributed by atoms with Crippen LogP contribution in [0.3, 0.4) is 0 Å². The highest BCUT2D eigenvalue weighted by Crippen LogP contribution is 2.32. The minimum Gasteiger partial charge on any atom is -0.313 e. The van der Waals surface area contributed by atoms with Gasteiger partial charge >= 0.3 is 0 Å². The molecule has 0 aliphatic heterocycles. The molecule has 1 aromatic rings. The minimum absolute atomic E-state index is 0.161. The first-order chi connectivity index (χ1) is 7.58. The Bertz CT molecular complexity index is 341. The summed E-state index contributed by atoms with van der Waals surface area (Å²) in [6.45, 7) is 6.42. The molecule has 2 unspecified atom stereocenters. The van der Waals surface area contributed by atoms with Gasteiger partial charge in [0.25, 0.3) is 0 Å². The molecule has 0 heterocycles. The van der Waals surface area contributed by atoms with Crippen molar-refractivity contribution in [2.45, 2.75) is 43.4 Å². The predicted molar refractivity (Wildman–Crippen MR) is 69.5 cm³/mol. The molecule has 1 rings (SSSR count). The van der Waals surface area contributed by atoms with E-state index in [4.69, 9.17) is 0 Å². The molecular weight excluding hydrogens is 221 g/mol. The zero-order chi connectivity index (χ0) is 12.1. The van der Waals surface area contributed by atoms with E-state index in [0.29, 0.717) is 5.25 Å². The van der Waals surface area contributed by atoms with Gasteiger partial charge in [0.05, 0.1) is 0 Å². The maximum absolute atomic E-state index is 13.2. The zero-order valence-electron chi connectivity index (χ0n) is 10.4. The van der Waals surface area contributed by atoms with Crippen molar-refractivity contribution in [3.05, 3.63) is 29.6 Å². The summed E-state index contributed by atoms with van der Waals surface area (Å²) in [5.74, 6) is -0.161. The van der Waals surface area contributed by atoms with Crippen LogP contribution in [0.2, 0.25) is 0 Å². The largest absolute Gasteiger partial charge is 0.313 e. The minimum atomic E-state index is -0.161. The van der Waals surface area contributed by atoms with E-state index in [2.05, 4.69) is 26.1 Å². The van der Waals surface area contributed by atoms with Gasteiger partial charge < -0.3 is 5.32 Å². The summed E-state index contributed by atoms with van der Waals surface area (Å²) < 4.78 is 13.2. The normalized spacial score (nSPS) is 14.8. The van der Waals surface area contributed by atoms with Crippen LogP contribution >= 0.6 is 11.8 Å². The van der Waals surface area contributed by atoms with Crippen molar-refractivity contribution in [2.24, 2.45) is 0 Å². The summed E-state index contributed by atoms with van der Waals surface area (Å²) in [5, 5.41) is 3.72. The lowest BCUT2D eigenvalue weighted by Gasteiger charge is -2.17. The van der Waals surface area contributed by atoms with Crippen LogP contribution in [0, 0.1) is 5.82 Å². The molecule has 0 amide bonds. The molecule has 90 valence electrons. The Hall–Kier alpha value is -0.540. The molecule has 0 saturated heterocycles. The molecule has 16 heavy (non-hydrogen) atoms. The molecule has 1 aromatic carbocycles. The Balaban J connectivity index is 2.97. The number of nitrogens with one attached hydrogen (secondary N) is 1. The third kappa shape index (κ3) is 3.49. The lowest BCUT2D eigenvalue weighted by atomic mass is 10.1. The maximum atomic E-state index is 13.2. The molecular formula is C13H20FNS. The lowest BCUT2D eigenvalue weighted by molar-refractivity contribution is 0.601. The second-order valence-corrected chi connectivity index (χ2v) is 5.51. The molecule has 0 aliphatic carbocycles. The first kappa shape index (κ1) is 13.5. The van der Waals surface area contributed by atoms with Gasteiger partial charge in [0.1, 0.15) is 5.82 Å². The predicted octanol–water partition coefficient (Wildman–Crippen LogP) is 4.00. The topological polar surface area (TPSA) is 12.0 Å². The summed E-state index contributed by atoms with van der Waals surface area (Å²) >= 11 is 1.82. The molecule has 0 bridgehead atoms. The summed E-state index contributed by atoms with van der Waals surface area (Å²) in [6, 6.07) is 5.24. The summed E-state index contributed by atoms with van der Waals surface area (Å²) in [7, 11) is 1.90. The summed E-state index contributed by atoms with van der Waals surface area (Å²) in [5.41, 5.74) is 1.05. The number of rotatable bonds is 5. The summed E-state index contributed by atoms with van der Waals surface area (Å²) in [6.07, 6.45) is 1.12. The molecule has 1 N–H and O–H groups in total. The highest BCUT2D eigenvalue weighted by Gasteiger charge is 2.12. The highest BCUT2D eigenvalue weighted by molar-refractivity contribution is 8.00. The Morgan fingerprint density at radius 2 is 2.06 bits per heavy atom. The van der Waals surface area contributed by atoms with E-state index in [9.17, 15) is 4.39 Å². The van der Waals surface area contributed by atoms with Gasteiger partial charge in [-0.2, -0.15) is 0 Å². The summed E-state index contributed by atoms with van der Waals surface area (Å²) in [4.78, 5) is 1.18. The molecule has 0 spiro atoms. The fourth-order valence-electron chi connectivity index (χ4n) is 1.42. The van der Waals surface area contributed by atoms with E-state index in [1.807, 2.05) is 24.9 Å². The van der Waals surface area contributed by atoms with E-state index in [-0.39, 0.29) is 11.9 Å². The van der Waals surface area contributed by atoms with Gasteiger partial charge in [-0.1, -0.05) is 13.8 Å². The van der Waals surface area contributed by atoms with Gasteiger partial charge in [0, 0.05) is 16.2 Å². The fourth-order valence-corrected chi connectivity index (χ4v) is 2.54. The number of thioether (sulfide) groups is 1. The highest BCUT2D eigenvalue weighted by atomic mass is 32.2. The first-order valence-corrected chi connectivity index (χ1v) is 6.59.